The average molecular weight is 264 g/mol. The Labute approximate surface area is 115 Å². The first-order valence-corrected chi connectivity index (χ1v) is 6.84. The van der Waals surface area contributed by atoms with Crippen LogP contribution in [0.4, 0.5) is 10.5 Å². The van der Waals surface area contributed by atoms with Crippen molar-refractivity contribution in [3.8, 4) is 0 Å². The molecule has 0 spiro atoms. The summed E-state index contributed by atoms with van der Waals surface area (Å²) in [5, 5.41) is 15.1. The second-order valence-corrected chi connectivity index (χ2v) is 5.03. The zero-order valence-electron chi connectivity index (χ0n) is 11.9. The van der Waals surface area contributed by atoms with Crippen molar-refractivity contribution in [2.45, 2.75) is 39.7 Å². The summed E-state index contributed by atoms with van der Waals surface area (Å²) >= 11 is 0. The number of rotatable bonds is 6. The molecule has 4 nitrogen and oxygen atoms in total. The maximum Gasteiger partial charge on any atom is 0.319 e. The molecule has 0 saturated heterocycles. The standard InChI is InChI=1S/C15H24N2O2/c1-4-12-5-7-13(8-6-12)17-15(19)16-10-9-14(18)11(2)3/h5-8,11,14,18H,4,9-10H2,1-3H3,(H2,16,17,19). The maximum atomic E-state index is 11.6. The van der Waals surface area contributed by atoms with E-state index in [2.05, 4.69) is 17.6 Å². The van der Waals surface area contributed by atoms with Crippen LogP contribution in [-0.2, 0) is 6.42 Å². The Hall–Kier alpha value is -1.55. The Morgan fingerprint density at radius 2 is 1.89 bits per heavy atom. The van der Waals surface area contributed by atoms with Crippen molar-refractivity contribution >= 4 is 11.7 Å². The highest BCUT2D eigenvalue weighted by atomic mass is 16.3. The van der Waals surface area contributed by atoms with E-state index < -0.39 is 0 Å². The SMILES string of the molecule is CCc1ccc(NC(=O)NCCC(O)C(C)C)cc1. The van der Waals surface area contributed by atoms with E-state index in [9.17, 15) is 9.90 Å². The van der Waals surface area contributed by atoms with Gasteiger partial charge in [-0.1, -0.05) is 32.9 Å². The molecule has 0 fully saturated rings. The molecule has 1 aromatic carbocycles. The summed E-state index contributed by atoms with van der Waals surface area (Å²) in [5.74, 6) is 0.214. The topological polar surface area (TPSA) is 61.4 Å². The molecule has 4 heteroatoms. The van der Waals surface area contributed by atoms with Crippen LogP contribution in [0.3, 0.4) is 0 Å². The Balaban J connectivity index is 2.30. The van der Waals surface area contributed by atoms with Gasteiger partial charge in [-0.3, -0.25) is 0 Å². The maximum absolute atomic E-state index is 11.6. The van der Waals surface area contributed by atoms with Gasteiger partial charge in [0.05, 0.1) is 6.10 Å². The molecule has 0 saturated carbocycles. The first-order valence-electron chi connectivity index (χ1n) is 6.84. The fraction of sp³-hybridized carbons (Fsp3) is 0.533. The molecular formula is C15H24N2O2. The van der Waals surface area contributed by atoms with Crippen LogP contribution in [0.15, 0.2) is 24.3 Å². The third-order valence-corrected chi connectivity index (χ3v) is 3.12. The van der Waals surface area contributed by atoms with E-state index in [1.807, 2.05) is 38.1 Å². The lowest BCUT2D eigenvalue weighted by molar-refractivity contribution is 0.117. The molecule has 0 radical (unpaired) electrons. The summed E-state index contributed by atoms with van der Waals surface area (Å²) < 4.78 is 0. The molecule has 0 heterocycles. The van der Waals surface area contributed by atoms with Crippen LogP contribution >= 0.6 is 0 Å². The molecule has 1 rings (SSSR count). The van der Waals surface area contributed by atoms with Crippen LogP contribution in [0.2, 0.25) is 0 Å². The number of carbonyl (C=O) groups excluding carboxylic acids is 1. The number of aryl methyl sites for hydroxylation is 1. The molecule has 1 atom stereocenters. The molecule has 106 valence electrons. The summed E-state index contributed by atoms with van der Waals surface area (Å²) in [6, 6.07) is 7.54. The molecule has 2 amide bonds. The quantitative estimate of drug-likeness (QED) is 0.740. The van der Waals surface area contributed by atoms with Crippen molar-refractivity contribution < 1.29 is 9.90 Å². The molecule has 0 aliphatic carbocycles. The van der Waals surface area contributed by atoms with Gasteiger partial charge >= 0.3 is 6.03 Å². The largest absolute Gasteiger partial charge is 0.393 e. The second kappa shape index (κ2) is 7.79. The lowest BCUT2D eigenvalue weighted by Crippen LogP contribution is -2.32. The van der Waals surface area contributed by atoms with Crippen LogP contribution in [0.1, 0.15) is 32.8 Å². The van der Waals surface area contributed by atoms with Gasteiger partial charge in [0.15, 0.2) is 0 Å². The fourth-order valence-electron chi connectivity index (χ4n) is 1.67. The van der Waals surface area contributed by atoms with Crippen molar-refractivity contribution in [1.29, 1.82) is 0 Å². The predicted octanol–water partition coefficient (Wildman–Crippen LogP) is 2.78. The van der Waals surface area contributed by atoms with Gasteiger partial charge in [-0.2, -0.15) is 0 Å². The van der Waals surface area contributed by atoms with Gasteiger partial charge in [0, 0.05) is 12.2 Å². The minimum Gasteiger partial charge on any atom is -0.393 e. The van der Waals surface area contributed by atoms with E-state index in [0.29, 0.717) is 13.0 Å². The number of nitrogens with one attached hydrogen (secondary N) is 2. The van der Waals surface area contributed by atoms with Crippen molar-refractivity contribution in [3.05, 3.63) is 29.8 Å². The first kappa shape index (κ1) is 15.5. The van der Waals surface area contributed by atoms with Crippen molar-refractivity contribution in [3.63, 3.8) is 0 Å². The molecule has 0 aliphatic heterocycles. The fourth-order valence-corrected chi connectivity index (χ4v) is 1.67. The van der Waals surface area contributed by atoms with Crippen LogP contribution < -0.4 is 10.6 Å². The monoisotopic (exact) mass is 264 g/mol. The first-order chi connectivity index (χ1) is 9.02. The third-order valence-electron chi connectivity index (χ3n) is 3.12. The van der Waals surface area contributed by atoms with Gasteiger partial charge in [0.1, 0.15) is 0 Å². The van der Waals surface area contributed by atoms with Crippen molar-refractivity contribution in [1.82, 2.24) is 5.32 Å². The lowest BCUT2D eigenvalue weighted by Gasteiger charge is -2.14. The summed E-state index contributed by atoms with van der Waals surface area (Å²) in [5.41, 5.74) is 2.02. The highest BCUT2D eigenvalue weighted by Crippen LogP contribution is 2.09. The average Bonchev–Trinajstić information content (AvgIpc) is 2.39. The van der Waals surface area contributed by atoms with Gasteiger partial charge in [0.2, 0.25) is 0 Å². The minimum atomic E-state index is -0.371. The lowest BCUT2D eigenvalue weighted by atomic mass is 10.0. The van der Waals surface area contributed by atoms with Gasteiger partial charge < -0.3 is 15.7 Å². The van der Waals surface area contributed by atoms with Crippen LogP contribution in [0, 0.1) is 5.92 Å². The number of benzene rings is 1. The Bertz CT molecular complexity index is 388. The van der Waals surface area contributed by atoms with Crippen molar-refractivity contribution in [2.24, 2.45) is 5.92 Å². The summed E-state index contributed by atoms with van der Waals surface area (Å²) in [7, 11) is 0. The van der Waals surface area contributed by atoms with Crippen LogP contribution in [0.25, 0.3) is 0 Å². The molecular weight excluding hydrogens is 240 g/mol. The Morgan fingerprint density at radius 3 is 2.42 bits per heavy atom. The zero-order valence-corrected chi connectivity index (χ0v) is 11.9. The van der Waals surface area contributed by atoms with E-state index >= 15 is 0 Å². The number of urea groups is 1. The van der Waals surface area contributed by atoms with E-state index in [1.165, 1.54) is 5.56 Å². The molecule has 0 bridgehead atoms. The van der Waals surface area contributed by atoms with Crippen LogP contribution in [0.5, 0.6) is 0 Å². The van der Waals surface area contributed by atoms with Crippen molar-refractivity contribution in [2.75, 3.05) is 11.9 Å². The molecule has 0 aromatic heterocycles. The van der Waals surface area contributed by atoms with Gasteiger partial charge in [0.25, 0.3) is 0 Å². The van der Waals surface area contributed by atoms with Crippen LogP contribution in [-0.4, -0.2) is 23.8 Å². The molecule has 1 unspecified atom stereocenters. The number of aliphatic hydroxyl groups excluding tert-OH is 1. The third kappa shape index (κ3) is 5.75. The molecule has 0 aliphatic rings. The number of anilines is 1. The van der Waals surface area contributed by atoms with Gasteiger partial charge in [-0.05, 0) is 36.5 Å². The van der Waals surface area contributed by atoms with E-state index in [-0.39, 0.29) is 18.1 Å². The normalized spacial score (nSPS) is 12.3. The minimum absolute atomic E-state index is 0.214. The smallest absolute Gasteiger partial charge is 0.319 e. The van der Waals surface area contributed by atoms with E-state index in [1.54, 1.807) is 0 Å². The number of hydrogen-bond acceptors (Lipinski definition) is 2. The molecule has 1 aromatic rings. The number of carbonyl (C=O) groups is 1. The number of hydrogen-bond donors (Lipinski definition) is 3. The summed E-state index contributed by atoms with van der Waals surface area (Å²) in [6.07, 6.45) is 1.18. The summed E-state index contributed by atoms with van der Waals surface area (Å²) in [6.45, 7) is 6.48. The van der Waals surface area contributed by atoms with E-state index in [0.717, 1.165) is 12.1 Å². The highest BCUT2D eigenvalue weighted by Gasteiger charge is 2.09. The zero-order chi connectivity index (χ0) is 14.3. The van der Waals surface area contributed by atoms with Gasteiger partial charge in [-0.15, -0.1) is 0 Å². The predicted molar refractivity (Wildman–Crippen MR) is 78.3 cm³/mol. The second-order valence-electron chi connectivity index (χ2n) is 5.03. The Kier molecular flexibility index (Phi) is 6.36. The molecule has 3 N–H and O–H groups in total. The van der Waals surface area contributed by atoms with Gasteiger partial charge in [-0.25, -0.2) is 4.79 Å². The number of aliphatic hydroxyl groups is 1. The van der Waals surface area contributed by atoms with E-state index in [4.69, 9.17) is 0 Å². The Morgan fingerprint density at radius 1 is 1.26 bits per heavy atom. The highest BCUT2D eigenvalue weighted by molar-refractivity contribution is 5.89. The molecule has 19 heavy (non-hydrogen) atoms. The summed E-state index contributed by atoms with van der Waals surface area (Å²) in [4.78, 5) is 11.6. The number of amides is 2.